The number of aliphatic hydroxyl groups is 1. The molecule has 1 aromatic rings. The molecule has 1 saturated heterocycles. The van der Waals surface area contributed by atoms with Gasteiger partial charge in [-0.15, -0.1) is 0 Å². The van der Waals surface area contributed by atoms with Gasteiger partial charge in [0.1, 0.15) is 5.76 Å². The zero-order valence-corrected chi connectivity index (χ0v) is 19.7. The van der Waals surface area contributed by atoms with Crippen LogP contribution in [0.5, 0.6) is 11.5 Å². The van der Waals surface area contributed by atoms with Gasteiger partial charge in [0.05, 0.1) is 24.0 Å². The third-order valence-corrected chi connectivity index (χ3v) is 7.87. The number of ether oxygens (including phenoxy) is 4. The molecule has 8 heteroatoms. The molecule has 0 unspecified atom stereocenters. The van der Waals surface area contributed by atoms with Crippen LogP contribution in [0.4, 0.5) is 0 Å². The van der Waals surface area contributed by atoms with Gasteiger partial charge in [0.15, 0.2) is 23.7 Å². The number of likely N-dealkylation sites (N-methyl/N-ethyl adjacent to an activating group) is 1. The zero-order valence-electron chi connectivity index (χ0n) is 19.7. The van der Waals surface area contributed by atoms with E-state index in [1.165, 1.54) is 6.92 Å². The van der Waals surface area contributed by atoms with Crippen molar-refractivity contribution in [3.8, 4) is 11.5 Å². The highest BCUT2D eigenvalue weighted by Crippen LogP contribution is 2.65. The molecule has 5 atom stereocenters. The molecule has 0 radical (unpaired) electrons. The summed E-state index contributed by atoms with van der Waals surface area (Å²) in [7, 11) is 3.63. The summed E-state index contributed by atoms with van der Waals surface area (Å²) < 4.78 is 23.1. The third kappa shape index (κ3) is 2.89. The van der Waals surface area contributed by atoms with Crippen molar-refractivity contribution >= 4 is 11.9 Å². The van der Waals surface area contributed by atoms with Crippen LogP contribution in [0, 0.1) is 5.92 Å². The molecule has 1 fully saturated rings. The molecule has 178 valence electrons. The fourth-order valence-electron chi connectivity index (χ4n) is 6.15. The Bertz CT molecular complexity index is 1050. The van der Waals surface area contributed by atoms with Gasteiger partial charge in [-0.05, 0) is 51.1 Å². The largest absolute Gasteiger partial charge is 0.493 e. The van der Waals surface area contributed by atoms with Gasteiger partial charge in [0, 0.05) is 18.0 Å². The van der Waals surface area contributed by atoms with Gasteiger partial charge in [-0.1, -0.05) is 19.9 Å². The summed E-state index contributed by atoms with van der Waals surface area (Å²) in [5.74, 6) is 0.0942. The van der Waals surface area contributed by atoms with Crippen LogP contribution in [0.25, 0.3) is 0 Å². The van der Waals surface area contributed by atoms with E-state index in [0.29, 0.717) is 36.5 Å². The molecule has 0 amide bonds. The minimum Gasteiger partial charge on any atom is -0.493 e. The number of carbonyl (C=O) groups is 2. The lowest BCUT2D eigenvalue weighted by Gasteiger charge is -2.61. The molecule has 2 heterocycles. The van der Waals surface area contributed by atoms with Crippen LogP contribution in [0.2, 0.25) is 0 Å². The van der Waals surface area contributed by atoms with Gasteiger partial charge in [-0.2, -0.15) is 0 Å². The van der Waals surface area contributed by atoms with Crippen molar-refractivity contribution in [2.45, 2.75) is 69.3 Å². The van der Waals surface area contributed by atoms with Crippen molar-refractivity contribution in [2.75, 3.05) is 20.7 Å². The number of hydrogen-bond donors (Lipinski definition) is 1. The molecule has 5 rings (SSSR count). The van der Waals surface area contributed by atoms with Crippen LogP contribution in [-0.2, 0) is 30.9 Å². The molecule has 4 aliphatic rings. The number of likely N-dealkylation sites (tertiary alicyclic amines) is 1. The van der Waals surface area contributed by atoms with E-state index < -0.39 is 35.2 Å². The first-order chi connectivity index (χ1) is 15.6. The van der Waals surface area contributed by atoms with Crippen molar-refractivity contribution in [3.63, 3.8) is 0 Å². The second kappa shape index (κ2) is 7.46. The normalized spacial score (nSPS) is 32.4. The average Bonchev–Trinajstić information content (AvgIpc) is 3.13. The number of piperidine rings is 1. The highest BCUT2D eigenvalue weighted by atomic mass is 16.6. The van der Waals surface area contributed by atoms with Gasteiger partial charge in [-0.25, -0.2) is 4.79 Å². The predicted molar refractivity (Wildman–Crippen MR) is 118 cm³/mol. The number of nitrogens with zero attached hydrogens (tertiary/aromatic N) is 1. The topological polar surface area (TPSA) is 94.5 Å². The molecular formula is C25H31NO7. The Morgan fingerprint density at radius 3 is 2.70 bits per heavy atom. The van der Waals surface area contributed by atoms with Crippen LogP contribution in [0.3, 0.4) is 0 Å². The van der Waals surface area contributed by atoms with Gasteiger partial charge in [0.25, 0.3) is 0 Å². The molecule has 8 nitrogen and oxygen atoms in total. The number of hydrogen-bond acceptors (Lipinski definition) is 8. The van der Waals surface area contributed by atoms with Crippen LogP contribution in [0.15, 0.2) is 24.0 Å². The second-order valence-electron chi connectivity index (χ2n) is 9.94. The summed E-state index contributed by atoms with van der Waals surface area (Å²) in [6.07, 6.45) is 1.73. The zero-order chi connectivity index (χ0) is 23.7. The second-order valence-corrected chi connectivity index (χ2v) is 9.94. The SMILES string of the molecule is COc1ccc2c3c1O[C@H]1C(OC(=O)[C@H](C)OC(=O)C(C)C)=CC[C@@]4(O)[C@@H](C2)N(C)CC[C@]314. The minimum atomic E-state index is -1.07. The van der Waals surface area contributed by atoms with E-state index in [1.54, 1.807) is 27.0 Å². The number of methoxy groups -OCH3 is 1. The van der Waals surface area contributed by atoms with Gasteiger partial charge >= 0.3 is 11.9 Å². The maximum absolute atomic E-state index is 12.8. The van der Waals surface area contributed by atoms with E-state index in [2.05, 4.69) is 4.90 Å². The number of carbonyl (C=O) groups excluding carboxylic acids is 2. The highest BCUT2D eigenvalue weighted by molar-refractivity contribution is 5.80. The summed E-state index contributed by atoms with van der Waals surface area (Å²) in [6.45, 7) is 5.70. The first-order valence-electron chi connectivity index (χ1n) is 11.6. The lowest BCUT2D eigenvalue weighted by atomic mass is 9.50. The monoisotopic (exact) mass is 457 g/mol. The first-order valence-corrected chi connectivity index (χ1v) is 11.6. The van der Waals surface area contributed by atoms with E-state index in [4.69, 9.17) is 18.9 Å². The molecule has 33 heavy (non-hydrogen) atoms. The van der Waals surface area contributed by atoms with Crippen molar-refractivity contribution in [1.29, 1.82) is 0 Å². The Hall–Kier alpha value is -2.58. The summed E-state index contributed by atoms with van der Waals surface area (Å²) in [6, 6.07) is 3.86. The number of esters is 2. The smallest absolute Gasteiger partial charge is 0.352 e. The van der Waals surface area contributed by atoms with Gasteiger partial charge in [0.2, 0.25) is 0 Å². The summed E-state index contributed by atoms with van der Waals surface area (Å²) in [4.78, 5) is 27.0. The van der Waals surface area contributed by atoms with E-state index in [-0.39, 0.29) is 12.0 Å². The number of benzene rings is 1. The lowest BCUT2D eigenvalue weighted by Crippen LogP contribution is -2.74. The standard InChI is InChI=1S/C25H31NO7/c1-13(2)22(27)31-14(3)23(28)32-17-8-9-25(29)18-12-15-6-7-16(30-5)20-19(15)24(25,21(17)33-20)10-11-26(18)4/h6-8,13-14,18,21,29H,9-12H2,1-5H3/t14-,18+,21-,24-,25+/m0/s1. The fraction of sp³-hybridized carbons (Fsp3) is 0.600. The minimum absolute atomic E-state index is 0.0800. The Labute approximate surface area is 193 Å². The van der Waals surface area contributed by atoms with E-state index >= 15 is 0 Å². The fourth-order valence-corrected chi connectivity index (χ4v) is 6.15. The molecule has 0 aromatic heterocycles. The van der Waals surface area contributed by atoms with E-state index in [1.807, 2.05) is 19.2 Å². The maximum Gasteiger partial charge on any atom is 0.352 e. The Kier molecular flexibility index (Phi) is 5.03. The van der Waals surface area contributed by atoms with Crippen LogP contribution < -0.4 is 9.47 Å². The Morgan fingerprint density at radius 2 is 2.00 bits per heavy atom. The molecule has 1 N–H and O–H groups in total. The van der Waals surface area contributed by atoms with Crippen molar-refractivity contribution < 1.29 is 33.6 Å². The summed E-state index contributed by atoms with van der Waals surface area (Å²) in [5.41, 5.74) is 0.283. The summed E-state index contributed by atoms with van der Waals surface area (Å²) >= 11 is 0. The van der Waals surface area contributed by atoms with Crippen LogP contribution in [0.1, 0.15) is 44.7 Å². The maximum atomic E-state index is 12.8. The Morgan fingerprint density at radius 1 is 1.24 bits per heavy atom. The van der Waals surface area contributed by atoms with E-state index in [0.717, 1.165) is 17.7 Å². The van der Waals surface area contributed by atoms with Crippen molar-refractivity contribution in [1.82, 2.24) is 4.90 Å². The van der Waals surface area contributed by atoms with Crippen LogP contribution in [-0.4, -0.2) is 66.5 Å². The molecule has 1 aromatic carbocycles. The Balaban J connectivity index is 1.54. The molecule has 2 aliphatic heterocycles. The quantitative estimate of drug-likeness (QED) is 0.672. The first kappa shape index (κ1) is 22.2. The van der Waals surface area contributed by atoms with Gasteiger partial charge < -0.3 is 29.0 Å². The van der Waals surface area contributed by atoms with Gasteiger partial charge in [-0.3, -0.25) is 4.79 Å². The predicted octanol–water partition coefficient (Wildman–Crippen LogP) is 2.10. The van der Waals surface area contributed by atoms with Crippen molar-refractivity contribution in [2.24, 2.45) is 5.92 Å². The molecular weight excluding hydrogens is 426 g/mol. The number of rotatable bonds is 5. The average molecular weight is 458 g/mol. The highest BCUT2D eigenvalue weighted by Gasteiger charge is 2.72. The van der Waals surface area contributed by atoms with Crippen LogP contribution >= 0.6 is 0 Å². The molecule has 1 spiro atoms. The van der Waals surface area contributed by atoms with Crippen molar-refractivity contribution in [3.05, 3.63) is 35.1 Å². The molecule has 0 saturated carbocycles. The summed E-state index contributed by atoms with van der Waals surface area (Å²) in [5, 5.41) is 12.2. The molecule has 2 bridgehead atoms. The third-order valence-electron chi connectivity index (χ3n) is 7.87. The molecule has 2 aliphatic carbocycles. The van der Waals surface area contributed by atoms with E-state index in [9.17, 15) is 14.7 Å². The lowest BCUT2D eigenvalue weighted by molar-refractivity contribution is -0.176.